The molecule has 2 aliphatic heterocycles. The zero-order chi connectivity index (χ0) is 16.1. The third-order valence-electron chi connectivity index (χ3n) is 4.27. The molecule has 2 amide bonds. The number of anilines is 1. The second-order valence-electron chi connectivity index (χ2n) is 5.79. The minimum absolute atomic E-state index is 0.0814. The van der Waals surface area contributed by atoms with Gasteiger partial charge in [0.25, 0.3) is 0 Å². The van der Waals surface area contributed by atoms with Gasteiger partial charge in [0, 0.05) is 11.4 Å². The van der Waals surface area contributed by atoms with Crippen molar-refractivity contribution in [3.8, 4) is 0 Å². The van der Waals surface area contributed by atoms with Crippen LogP contribution in [0.25, 0.3) is 0 Å². The highest BCUT2D eigenvalue weighted by molar-refractivity contribution is 5.96. The Bertz CT molecular complexity index is 516. The van der Waals surface area contributed by atoms with Gasteiger partial charge in [0.2, 0.25) is 0 Å². The summed E-state index contributed by atoms with van der Waals surface area (Å²) in [6.07, 6.45) is 2.44. The highest BCUT2D eigenvalue weighted by Gasteiger charge is 2.24. The molecule has 0 atom stereocenters. The lowest BCUT2D eigenvalue weighted by Crippen LogP contribution is -2.29. The van der Waals surface area contributed by atoms with Crippen LogP contribution in [-0.4, -0.2) is 37.6 Å². The van der Waals surface area contributed by atoms with Crippen LogP contribution in [0.4, 0.5) is 10.5 Å². The van der Waals surface area contributed by atoms with Crippen LogP contribution in [-0.2, 0) is 0 Å². The average molecular weight is 301 g/mol. The number of nitrogens with zero attached hydrogens (tertiary/aromatic N) is 2. The van der Waals surface area contributed by atoms with Crippen molar-refractivity contribution in [1.82, 2.24) is 10.2 Å². The molecule has 0 unspecified atom stereocenters. The predicted molar refractivity (Wildman–Crippen MR) is 92.3 cm³/mol. The van der Waals surface area contributed by atoms with Gasteiger partial charge in [0.15, 0.2) is 0 Å². The Labute approximate surface area is 133 Å². The van der Waals surface area contributed by atoms with Crippen molar-refractivity contribution in [3.63, 3.8) is 0 Å². The normalized spacial score (nSPS) is 19.7. The molecule has 3 rings (SSSR count). The standard InChI is InChI=1S/C16H21N3O.C2H6/c1-12-11-19(16(20)17-12)15-5-3-13(4-6-15)14-7-9-18(2)10-8-14;1-2/h3-6,14H,1,7-11H2,2H3,(H,17,20);1-2H3. The molecular formula is C18H27N3O. The first-order valence-corrected chi connectivity index (χ1v) is 8.18. The SMILES string of the molecule is C=C1CN(c2ccc(C3CCN(C)CC3)cc2)C(=O)N1.CC. The zero-order valence-electron chi connectivity index (χ0n) is 13.9. The van der Waals surface area contributed by atoms with Gasteiger partial charge >= 0.3 is 6.03 Å². The van der Waals surface area contributed by atoms with Gasteiger partial charge < -0.3 is 10.2 Å². The molecule has 0 aromatic heterocycles. The van der Waals surface area contributed by atoms with Crippen molar-refractivity contribution in [2.45, 2.75) is 32.6 Å². The zero-order valence-corrected chi connectivity index (χ0v) is 13.9. The molecule has 2 heterocycles. The van der Waals surface area contributed by atoms with E-state index in [1.54, 1.807) is 4.90 Å². The van der Waals surface area contributed by atoms with Crippen LogP contribution in [0.2, 0.25) is 0 Å². The summed E-state index contributed by atoms with van der Waals surface area (Å²) < 4.78 is 0. The van der Waals surface area contributed by atoms with Crippen LogP contribution in [0.1, 0.15) is 38.2 Å². The first kappa shape index (κ1) is 16.6. The number of amides is 2. The molecule has 22 heavy (non-hydrogen) atoms. The van der Waals surface area contributed by atoms with Gasteiger partial charge in [-0.15, -0.1) is 0 Å². The maximum atomic E-state index is 11.8. The predicted octanol–water partition coefficient (Wildman–Crippen LogP) is 3.57. The van der Waals surface area contributed by atoms with Crippen LogP contribution in [0.15, 0.2) is 36.5 Å². The van der Waals surface area contributed by atoms with Crippen LogP contribution in [0, 0.1) is 0 Å². The summed E-state index contributed by atoms with van der Waals surface area (Å²) in [6.45, 7) is 10.7. The number of benzene rings is 1. The molecule has 1 aromatic rings. The maximum absolute atomic E-state index is 11.8. The molecule has 1 N–H and O–H groups in total. The average Bonchev–Trinajstić information content (AvgIpc) is 2.89. The third kappa shape index (κ3) is 3.69. The van der Waals surface area contributed by atoms with E-state index in [9.17, 15) is 4.79 Å². The van der Waals surface area contributed by atoms with Gasteiger partial charge in [-0.05, 0) is 56.6 Å². The number of urea groups is 1. The largest absolute Gasteiger partial charge is 0.326 e. The monoisotopic (exact) mass is 301 g/mol. The van der Waals surface area contributed by atoms with Crippen LogP contribution in [0.5, 0.6) is 0 Å². The summed E-state index contributed by atoms with van der Waals surface area (Å²) >= 11 is 0. The molecule has 0 bridgehead atoms. The van der Waals surface area contributed by atoms with E-state index < -0.39 is 0 Å². The lowest BCUT2D eigenvalue weighted by atomic mass is 9.89. The maximum Gasteiger partial charge on any atom is 0.326 e. The summed E-state index contributed by atoms with van der Waals surface area (Å²) in [4.78, 5) is 15.9. The van der Waals surface area contributed by atoms with Gasteiger partial charge in [-0.25, -0.2) is 4.79 Å². The van der Waals surface area contributed by atoms with Crippen molar-refractivity contribution in [3.05, 3.63) is 42.1 Å². The van der Waals surface area contributed by atoms with Gasteiger partial charge in [0.05, 0.1) is 6.54 Å². The number of nitrogens with one attached hydrogen (secondary N) is 1. The smallest absolute Gasteiger partial charge is 0.310 e. The van der Waals surface area contributed by atoms with Crippen LogP contribution < -0.4 is 10.2 Å². The summed E-state index contributed by atoms with van der Waals surface area (Å²) in [5.41, 5.74) is 3.09. The number of rotatable bonds is 2. The molecule has 2 aliphatic rings. The van der Waals surface area contributed by atoms with Crippen molar-refractivity contribution in [2.75, 3.05) is 31.6 Å². The second kappa shape index (κ2) is 7.45. The number of carbonyl (C=O) groups excluding carboxylic acids is 1. The Kier molecular flexibility index (Phi) is 5.61. The fourth-order valence-corrected chi connectivity index (χ4v) is 3.00. The summed E-state index contributed by atoms with van der Waals surface area (Å²) in [6, 6.07) is 8.35. The Balaban J connectivity index is 0.000000847. The highest BCUT2D eigenvalue weighted by atomic mass is 16.2. The Morgan fingerprint density at radius 2 is 1.73 bits per heavy atom. The van der Waals surface area contributed by atoms with Crippen LogP contribution >= 0.6 is 0 Å². The van der Waals surface area contributed by atoms with E-state index in [2.05, 4.69) is 36.0 Å². The van der Waals surface area contributed by atoms with Crippen molar-refractivity contribution in [2.24, 2.45) is 0 Å². The second-order valence-corrected chi connectivity index (χ2v) is 5.79. The van der Waals surface area contributed by atoms with Crippen LogP contribution in [0.3, 0.4) is 0 Å². The van der Waals surface area contributed by atoms with Gasteiger partial charge in [-0.3, -0.25) is 4.90 Å². The molecule has 0 spiro atoms. The van der Waals surface area contributed by atoms with Gasteiger partial charge in [-0.2, -0.15) is 0 Å². The Morgan fingerprint density at radius 1 is 1.14 bits per heavy atom. The Hall–Kier alpha value is -1.81. The first-order chi connectivity index (χ1) is 10.6. The first-order valence-electron chi connectivity index (χ1n) is 8.18. The van der Waals surface area contributed by atoms with E-state index in [-0.39, 0.29) is 6.03 Å². The van der Waals surface area contributed by atoms with E-state index in [1.165, 1.54) is 31.5 Å². The third-order valence-corrected chi connectivity index (χ3v) is 4.27. The van der Waals surface area contributed by atoms with Crippen molar-refractivity contribution < 1.29 is 4.79 Å². The molecule has 120 valence electrons. The molecule has 1 aromatic carbocycles. The Morgan fingerprint density at radius 3 is 2.23 bits per heavy atom. The fraction of sp³-hybridized carbons (Fsp3) is 0.500. The number of carbonyl (C=O) groups is 1. The quantitative estimate of drug-likeness (QED) is 0.906. The fourth-order valence-electron chi connectivity index (χ4n) is 3.00. The summed E-state index contributed by atoms with van der Waals surface area (Å²) in [5.74, 6) is 0.655. The molecule has 0 aliphatic carbocycles. The topological polar surface area (TPSA) is 35.6 Å². The minimum Gasteiger partial charge on any atom is -0.310 e. The lowest BCUT2D eigenvalue weighted by molar-refractivity contribution is 0.252. The van der Waals surface area contributed by atoms with E-state index in [4.69, 9.17) is 0 Å². The number of likely N-dealkylation sites (tertiary alicyclic amines) is 1. The highest BCUT2D eigenvalue weighted by Crippen LogP contribution is 2.29. The number of hydrogen-bond acceptors (Lipinski definition) is 2. The van der Waals surface area contributed by atoms with Gasteiger partial charge in [-0.1, -0.05) is 32.6 Å². The summed E-state index contributed by atoms with van der Waals surface area (Å²) in [5, 5.41) is 2.74. The number of piperidine rings is 1. The lowest BCUT2D eigenvalue weighted by Gasteiger charge is -2.29. The van der Waals surface area contributed by atoms with E-state index in [1.807, 2.05) is 26.0 Å². The summed E-state index contributed by atoms with van der Waals surface area (Å²) in [7, 11) is 2.18. The molecule has 4 nitrogen and oxygen atoms in total. The van der Waals surface area contributed by atoms with E-state index in [0.29, 0.717) is 12.5 Å². The van der Waals surface area contributed by atoms with E-state index in [0.717, 1.165) is 11.4 Å². The van der Waals surface area contributed by atoms with Gasteiger partial charge in [0.1, 0.15) is 0 Å². The molecule has 4 heteroatoms. The minimum atomic E-state index is -0.0814. The molecule has 0 radical (unpaired) electrons. The molecule has 2 fully saturated rings. The number of hydrogen-bond donors (Lipinski definition) is 1. The van der Waals surface area contributed by atoms with E-state index >= 15 is 0 Å². The van der Waals surface area contributed by atoms with Crippen molar-refractivity contribution in [1.29, 1.82) is 0 Å². The molecule has 2 saturated heterocycles. The molecule has 0 saturated carbocycles. The van der Waals surface area contributed by atoms with Crippen molar-refractivity contribution >= 4 is 11.7 Å². The molecular weight excluding hydrogens is 274 g/mol.